The van der Waals surface area contributed by atoms with Crippen molar-refractivity contribution in [3.8, 4) is 0 Å². The fraction of sp³-hybridized carbons (Fsp3) is 0.611. The molecule has 1 aromatic rings. The zero-order chi connectivity index (χ0) is 17.0. The van der Waals surface area contributed by atoms with Crippen molar-refractivity contribution in [2.75, 3.05) is 32.8 Å². The first-order valence-corrected chi connectivity index (χ1v) is 9.46. The molecular weight excluding hydrogens is 375 g/mol. The standard InChI is InChI=1S/C18H24BrFN2O2/c19-14-4-5-15(16(20)12-14)17(23)21-13-18(6-2-1-3-7-18)22-8-10-24-11-9-22/h4-5,12H,1-3,6-11,13H2,(H,21,23). The maximum Gasteiger partial charge on any atom is 0.254 e. The summed E-state index contributed by atoms with van der Waals surface area (Å²) >= 11 is 3.22. The van der Waals surface area contributed by atoms with Crippen molar-refractivity contribution < 1.29 is 13.9 Å². The number of rotatable bonds is 4. The van der Waals surface area contributed by atoms with Crippen LogP contribution in [0.4, 0.5) is 4.39 Å². The lowest BCUT2D eigenvalue weighted by Crippen LogP contribution is -2.59. The fourth-order valence-corrected chi connectivity index (χ4v) is 4.20. The summed E-state index contributed by atoms with van der Waals surface area (Å²) in [4.78, 5) is 14.9. The molecule has 1 amide bonds. The Balaban J connectivity index is 1.69. The third kappa shape index (κ3) is 3.98. The van der Waals surface area contributed by atoms with Crippen LogP contribution in [0.25, 0.3) is 0 Å². The van der Waals surface area contributed by atoms with Gasteiger partial charge >= 0.3 is 0 Å². The number of benzene rings is 1. The highest BCUT2D eigenvalue weighted by molar-refractivity contribution is 9.10. The molecule has 6 heteroatoms. The Morgan fingerprint density at radius 1 is 1.25 bits per heavy atom. The van der Waals surface area contributed by atoms with Crippen LogP contribution in [-0.4, -0.2) is 49.2 Å². The molecule has 0 unspecified atom stereocenters. The zero-order valence-electron chi connectivity index (χ0n) is 13.8. The number of carbonyl (C=O) groups excluding carboxylic acids is 1. The van der Waals surface area contributed by atoms with E-state index in [1.807, 2.05) is 0 Å². The van der Waals surface area contributed by atoms with Gasteiger partial charge in [0.2, 0.25) is 0 Å². The van der Waals surface area contributed by atoms with Gasteiger partial charge in [0.05, 0.1) is 18.8 Å². The van der Waals surface area contributed by atoms with Crippen molar-refractivity contribution >= 4 is 21.8 Å². The highest BCUT2D eigenvalue weighted by Gasteiger charge is 2.38. The first-order valence-electron chi connectivity index (χ1n) is 8.67. The Morgan fingerprint density at radius 2 is 1.96 bits per heavy atom. The number of hydrogen-bond donors (Lipinski definition) is 1. The lowest BCUT2D eigenvalue weighted by Gasteiger charge is -2.48. The third-order valence-corrected chi connectivity index (χ3v) is 5.71. The first-order chi connectivity index (χ1) is 11.6. The molecule has 4 nitrogen and oxygen atoms in total. The number of ether oxygens (including phenoxy) is 1. The number of nitrogens with zero attached hydrogens (tertiary/aromatic N) is 1. The van der Waals surface area contributed by atoms with E-state index in [9.17, 15) is 9.18 Å². The minimum Gasteiger partial charge on any atom is -0.379 e. The molecule has 0 aromatic heterocycles. The smallest absolute Gasteiger partial charge is 0.254 e. The van der Waals surface area contributed by atoms with Crippen LogP contribution in [-0.2, 0) is 4.74 Å². The van der Waals surface area contributed by atoms with E-state index < -0.39 is 5.82 Å². The molecule has 0 radical (unpaired) electrons. The molecule has 2 aliphatic rings. The van der Waals surface area contributed by atoms with Gasteiger partial charge in [-0.25, -0.2) is 4.39 Å². The molecule has 1 saturated carbocycles. The molecule has 0 spiro atoms. The van der Waals surface area contributed by atoms with Gasteiger partial charge in [-0.05, 0) is 31.0 Å². The highest BCUT2D eigenvalue weighted by Crippen LogP contribution is 2.34. The first kappa shape index (κ1) is 17.8. The lowest BCUT2D eigenvalue weighted by atomic mass is 9.79. The Morgan fingerprint density at radius 3 is 2.62 bits per heavy atom. The minimum absolute atomic E-state index is 0.0104. The van der Waals surface area contributed by atoms with E-state index in [-0.39, 0.29) is 17.0 Å². The van der Waals surface area contributed by atoms with Crippen LogP contribution >= 0.6 is 15.9 Å². The molecule has 1 N–H and O–H groups in total. The number of halogens is 2. The van der Waals surface area contributed by atoms with Crippen LogP contribution < -0.4 is 5.32 Å². The Bertz CT molecular complexity index is 584. The van der Waals surface area contributed by atoms with Gasteiger partial charge in [-0.1, -0.05) is 35.2 Å². The quantitative estimate of drug-likeness (QED) is 0.845. The zero-order valence-corrected chi connectivity index (χ0v) is 15.4. The van der Waals surface area contributed by atoms with Gasteiger partial charge in [-0.15, -0.1) is 0 Å². The van der Waals surface area contributed by atoms with Crippen molar-refractivity contribution in [2.24, 2.45) is 0 Å². The van der Waals surface area contributed by atoms with Crippen LogP contribution in [0.1, 0.15) is 42.5 Å². The van der Waals surface area contributed by atoms with Crippen molar-refractivity contribution in [3.05, 3.63) is 34.1 Å². The molecule has 0 bridgehead atoms. The van der Waals surface area contributed by atoms with E-state index in [2.05, 4.69) is 26.1 Å². The average molecular weight is 399 g/mol. The average Bonchev–Trinajstić information content (AvgIpc) is 2.61. The van der Waals surface area contributed by atoms with Gasteiger partial charge in [-0.3, -0.25) is 9.69 Å². The van der Waals surface area contributed by atoms with Crippen molar-refractivity contribution in [3.63, 3.8) is 0 Å². The minimum atomic E-state index is -0.494. The molecule has 1 aliphatic heterocycles. The monoisotopic (exact) mass is 398 g/mol. The lowest BCUT2D eigenvalue weighted by molar-refractivity contribution is -0.0361. The van der Waals surface area contributed by atoms with E-state index >= 15 is 0 Å². The molecule has 24 heavy (non-hydrogen) atoms. The van der Waals surface area contributed by atoms with E-state index in [1.165, 1.54) is 31.4 Å². The normalized spacial score (nSPS) is 21.4. The summed E-state index contributed by atoms with van der Waals surface area (Å²) in [6, 6.07) is 4.54. The summed E-state index contributed by atoms with van der Waals surface area (Å²) < 4.78 is 20.1. The van der Waals surface area contributed by atoms with Crippen LogP contribution in [0.5, 0.6) is 0 Å². The molecular formula is C18H24BrFN2O2. The second-order valence-corrected chi connectivity index (χ2v) is 7.61. The van der Waals surface area contributed by atoms with Crippen LogP contribution in [0.15, 0.2) is 22.7 Å². The Labute approximate surface area is 150 Å². The molecule has 2 fully saturated rings. The van der Waals surface area contributed by atoms with Crippen molar-refractivity contribution in [2.45, 2.75) is 37.6 Å². The summed E-state index contributed by atoms with van der Waals surface area (Å²) in [5.41, 5.74) is 0.0925. The Kier molecular flexibility index (Phi) is 5.89. The molecule has 1 heterocycles. The maximum absolute atomic E-state index is 14.0. The van der Waals surface area contributed by atoms with Crippen LogP contribution in [0.3, 0.4) is 0 Å². The molecule has 1 saturated heterocycles. The van der Waals surface area contributed by atoms with Gasteiger partial charge in [0.25, 0.3) is 5.91 Å². The number of amides is 1. The van der Waals surface area contributed by atoms with Gasteiger partial charge in [0, 0.05) is 29.6 Å². The summed E-state index contributed by atoms with van der Waals surface area (Å²) in [5, 5.41) is 2.99. The molecule has 132 valence electrons. The van der Waals surface area contributed by atoms with E-state index in [4.69, 9.17) is 4.74 Å². The second kappa shape index (κ2) is 7.93. The third-order valence-electron chi connectivity index (χ3n) is 5.22. The molecule has 3 rings (SSSR count). The molecule has 1 aromatic carbocycles. The van der Waals surface area contributed by atoms with Gasteiger partial charge in [0.15, 0.2) is 0 Å². The molecule has 0 atom stereocenters. The number of nitrogens with one attached hydrogen (secondary N) is 1. The van der Waals surface area contributed by atoms with E-state index in [0.29, 0.717) is 11.0 Å². The predicted molar refractivity (Wildman–Crippen MR) is 94.6 cm³/mol. The van der Waals surface area contributed by atoms with Crippen molar-refractivity contribution in [1.29, 1.82) is 0 Å². The SMILES string of the molecule is O=C(NCC1(N2CCOCC2)CCCCC1)c1ccc(Br)cc1F. The maximum atomic E-state index is 14.0. The number of morpholine rings is 1. The summed E-state index contributed by atoms with van der Waals surface area (Å²) in [7, 11) is 0. The van der Waals surface area contributed by atoms with Crippen molar-refractivity contribution in [1.82, 2.24) is 10.2 Å². The summed E-state index contributed by atoms with van der Waals surface area (Å²) in [6.45, 7) is 3.88. The van der Waals surface area contributed by atoms with Crippen LogP contribution in [0.2, 0.25) is 0 Å². The van der Waals surface area contributed by atoms with Gasteiger partial charge < -0.3 is 10.1 Å². The predicted octanol–water partition coefficient (Wildman–Crippen LogP) is 3.35. The van der Waals surface area contributed by atoms with Gasteiger partial charge in [0.1, 0.15) is 5.82 Å². The molecule has 1 aliphatic carbocycles. The van der Waals surface area contributed by atoms with E-state index in [0.717, 1.165) is 39.1 Å². The van der Waals surface area contributed by atoms with E-state index in [1.54, 1.807) is 6.07 Å². The topological polar surface area (TPSA) is 41.6 Å². The number of carbonyl (C=O) groups is 1. The fourth-order valence-electron chi connectivity index (χ4n) is 3.87. The number of hydrogen-bond acceptors (Lipinski definition) is 3. The second-order valence-electron chi connectivity index (χ2n) is 6.69. The largest absolute Gasteiger partial charge is 0.379 e. The van der Waals surface area contributed by atoms with Crippen LogP contribution in [0, 0.1) is 5.82 Å². The Hall–Kier alpha value is -0.980. The summed E-state index contributed by atoms with van der Waals surface area (Å²) in [6.07, 6.45) is 5.77. The van der Waals surface area contributed by atoms with Gasteiger partial charge in [-0.2, -0.15) is 0 Å². The summed E-state index contributed by atoms with van der Waals surface area (Å²) in [5.74, 6) is -0.829. The highest BCUT2D eigenvalue weighted by atomic mass is 79.9.